The minimum atomic E-state index is -0.500. The van der Waals surface area contributed by atoms with Crippen LogP contribution in [0.1, 0.15) is 45.2 Å². The highest BCUT2D eigenvalue weighted by Gasteiger charge is 2.35. The van der Waals surface area contributed by atoms with Crippen molar-refractivity contribution in [2.75, 3.05) is 13.7 Å². The zero-order chi connectivity index (χ0) is 16.3. The van der Waals surface area contributed by atoms with E-state index >= 15 is 0 Å². The third kappa shape index (κ3) is 4.37. The van der Waals surface area contributed by atoms with E-state index in [1.165, 1.54) is 0 Å². The Bertz CT molecular complexity index is 510. The number of hydrogen-bond donors (Lipinski definition) is 0. The summed E-state index contributed by atoms with van der Waals surface area (Å²) in [6, 6.07) is 7.57. The lowest BCUT2D eigenvalue weighted by atomic mass is 9.93. The van der Waals surface area contributed by atoms with Crippen molar-refractivity contribution in [1.82, 2.24) is 4.90 Å². The summed E-state index contributed by atoms with van der Waals surface area (Å²) in [6.45, 7) is 6.26. The molecule has 122 valence electrons. The Labute approximate surface area is 137 Å². The van der Waals surface area contributed by atoms with Crippen LogP contribution in [-0.2, 0) is 9.47 Å². The maximum atomic E-state index is 12.5. The van der Waals surface area contributed by atoms with E-state index in [2.05, 4.69) is 0 Å². The van der Waals surface area contributed by atoms with E-state index in [1.807, 2.05) is 45.0 Å². The average molecular weight is 326 g/mol. The van der Waals surface area contributed by atoms with Gasteiger partial charge in [0.1, 0.15) is 5.60 Å². The van der Waals surface area contributed by atoms with Crippen LogP contribution in [0.4, 0.5) is 4.79 Å². The van der Waals surface area contributed by atoms with Gasteiger partial charge in [-0.05, 0) is 51.3 Å². The van der Waals surface area contributed by atoms with Crippen LogP contribution >= 0.6 is 11.6 Å². The van der Waals surface area contributed by atoms with Gasteiger partial charge in [0.2, 0.25) is 0 Å². The van der Waals surface area contributed by atoms with Crippen molar-refractivity contribution >= 4 is 17.7 Å². The van der Waals surface area contributed by atoms with Crippen LogP contribution in [0.3, 0.4) is 0 Å². The Kier molecular flexibility index (Phi) is 5.35. The maximum absolute atomic E-state index is 12.5. The fourth-order valence-electron chi connectivity index (χ4n) is 2.69. The molecule has 1 aliphatic heterocycles. The van der Waals surface area contributed by atoms with Gasteiger partial charge in [-0.1, -0.05) is 23.7 Å². The fourth-order valence-corrected chi connectivity index (χ4v) is 2.81. The molecule has 1 amide bonds. The molecule has 0 saturated carbocycles. The molecule has 0 spiro atoms. The fraction of sp³-hybridized carbons (Fsp3) is 0.588. The van der Waals surface area contributed by atoms with Crippen LogP contribution < -0.4 is 0 Å². The van der Waals surface area contributed by atoms with E-state index in [1.54, 1.807) is 12.0 Å². The molecule has 1 aliphatic rings. The summed E-state index contributed by atoms with van der Waals surface area (Å²) >= 11 is 5.96. The van der Waals surface area contributed by atoms with Crippen LogP contribution in [0.5, 0.6) is 0 Å². The Morgan fingerprint density at radius 1 is 1.27 bits per heavy atom. The van der Waals surface area contributed by atoms with Gasteiger partial charge in [0.25, 0.3) is 0 Å². The number of carbonyl (C=O) groups is 1. The van der Waals surface area contributed by atoms with Crippen molar-refractivity contribution in [2.24, 2.45) is 0 Å². The van der Waals surface area contributed by atoms with Crippen LogP contribution in [0.25, 0.3) is 0 Å². The quantitative estimate of drug-likeness (QED) is 0.807. The van der Waals surface area contributed by atoms with Crippen molar-refractivity contribution in [2.45, 2.75) is 51.4 Å². The first-order valence-corrected chi connectivity index (χ1v) is 7.96. The molecule has 0 N–H and O–H groups in total. The van der Waals surface area contributed by atoms with E-state index in [0.29, 0.717) is 11.6 Å². The second-order valence-corrected chi connectivity index (χ2v) is 7.06. The molecule has 1 saturated heterocycles. The Hall–Kier alpha value is -1.26. The molecular formula is C17H24ClNO3. The Balaban J connectivity index is 2.22. The largest absolute Gasteiger partial charge is 0.444 e. The first-order valence-electron chi connectivity index (χ1n) is 7.58. The lowest BCUT2D eigenvalue weighted by Gasteiger charge is -2.39. The number of likely N-dealkylation sites (tertiary alicyclic amines) is 1. The lowest BCUT2D eigenvalue weighted by molar-refractivity contribution is -0.0186. The van der Waals surface area contributed by atoms with Crippen molar-refractivity contribution in [1.29, 1.82) is 0 Å². The van der Waals surface area contributed by atoms with E-state index < -0.39 is 5.60 Å². The van der Waals surface area contributed by atoms with Gasteiger partial charge < -0.3 is 14.4 Å². The van der Waals surface area contributed by atoms with E-state index in [-0.39, 0.29) is 18.2 Å². The molecular weight excluding hydrogens is 302 g/mol. The van der Waals surface area contributed by atoms with Gasteiger partial charge in [0.15, 0.2) is 0 Å². The minimum Gasteiger partial charge on any atom is -0.444 e. The first-order chi connectivity index (χ1) is 10.3. The molecule has 1 aromatic carbocycles. The number of methoxy groups -OCH3 is 1. The first kappa shape index (κ1) is 17.1. The predicted octanol–water partition coefficient (Wildman–Crippen LogP) is 4.43. The molecule has 1 heterocycles. The number of benzene rings is 1. The number of halogens is 1. The number of amides is 1. The van der Waals surface area contributed by atoms with Gasteiger partial charge in [-0.25, -0.2) is 4.79 Å². The number of rotatable bonds is 2. The smallest absolute Gasteiger partial charge is 0.410 e. The molecule has 22 heavy (non-hydrogen) atoms. The van der Waals surface area contributed by atoms with E-state index in [4.69, 9.17) is 21.1 Å². The summed E-state index contributed by atoms with van der Waals surface area (Å²) in [4.78, 5) is 14.3. The predicted molar refractivity (Wildman–Crippen MR) is 87.2 cm³/mol. The molecule has 4 nitrogen and oxygen atoms in total. The van der Waals surface area contributed by atoms with Gasteiger partial charge in [0.05, 0.1) is 12.1 Å². The highest BCUT2D eigenvalue weighted by molar-refractivity contribution is 6.30. The van der Waals surface area contributed by atoms with Gasteiger partial charge in [-0.3, -0.25) is 0 Å². The molecule has 1 fully saturated rings. The van der Waals surface area contributed by atoms with Crippen molar-refractivity contribution in [3.8, 4) is 0 Å². The Morgan fingerprint density at radius 2 is 1.91 bits per heavy atom. The SMILES string of the molecule is COC1CCN(C(=O)OC(C)(C)C)C(c2ccc(Cl)cc2)C1. The summed E-state index contributed by atoms with van der Waals surface area (Å²) in [5, 5.41) is 0.687. The second-order valence-electron chi connectivity index (χ2n) is 6.62. The van der Waals surface area contributed by atoms with Crippen LogP contribution in [-0.4, -0.2) is 36.4 Å². The molecule has 2 unspecified atom stereocenters. The third-order valence-electron chi connectivity index (χ3n) is 3.77. The monoisotopic (exact) mass is 325 g/mol. The molecule has 0 radical (unpaired) electrons. The highest BCUT2D eigenvalue weighted by Crippen LogP contribution is 2.33. The molecule has 5 heteroatoms. The van der Waals surface area contributed by atoms with E-state index in [9.17, 15) is 4.79 Å². The van der Waals surface area contributed by atoms with Crippen LogP contribution in [0, 0.1) is 0 Å². The number of carbonyl (C=O) groups excluding carboxylic acids is 1. The molecule has 0 aliphatic carbocycles. The molecule has 1 aromatic rings. The van der Waals surface area contributed by atoms with Crippen molar-refractivity contribution < 1.29 is 14.3 Å². The topological polar surface area (TPSA) is 38.8 Å². The van der Waals surface area contributed by atoms with Crippen molar-refractivity contribution in [3.05, 3.63) is 34.9 Å². The van der Waals surface area contributed by atoms with Gasteiger partial charge in [-0.2, -0.15) is 0 Å². The second kappa shape index (κ2) is 6.88. The standard InChI is InChI=1S/C17H24ClNO3/c1-17(2,3)22-16(20)19-10-9-14(21-4)11-15(19)12-5-7-13(18)8-6-12/h5-8,14-15H,9-11H2,1-4H3. The normalized spacial score (nSPS) is 22.5. The molecule has 2 atom stereocenters. The van der Waals surface area contributed by atoms with Gasteiger partial charge in [0, 0.05) is 18.7 Å². The molecule has 2 rings (SSSR count). The van der Waals surface area contributed by atoms with Gasteiger partial charge >= 0.3 is 6.09 Å². The Morgan fingerprint density at radius 3 is 2.45 bits per heavy atom. The summed E-state index contributed by atoms with van der Waals surface area (Å²) in [5.74, 6) is 0. The zero-order valence-corrected chi connectivity index (χ0v) is 14.4. The number of nitrogens with zero attached hydrogens (tertiary/aromatic N) is 1. The lowest BCUT2D eigenvalue weighted by Crippen LogP contribution is -2.45. The van der Waals surface area contributed by atoms with Crippen LogP contribution in [0.2, 0.25) is 5.02 Å². The van der Waals surface area contributed by atoms with Crippen LogP contribution in [0.15, 0.2) is 24.3 Å². The highest BCUT2D eigenvalue weighted by atomic mass is 35.5. The van der Waals surface area contributed by atoms with Gasteiger partial charge in [-0.15, -0.1) is 0 Å². The molecule has 0 aromatic heterocycles. The van der Waals surface area contributed by atoms with Crippen molar-refractivity contribution in [3.63, 3.8) is 0 Å². The third-order valence-corrected chi connectivity index (χ3v) is 4.02. The zero-order valence-electron chi connectivity index (χ0n) is 13.6. The molecule has 0 bridgehead atoms. The minimum absolute atomic E-state index is 0.0502. The summed E-state index contributed by atoms with van der Waals surface area (Å²) in [5.41, 5.74) is 0.553. The maximum Gasteiger partial charge on any atom is 0.410 e. The van der Waals surface area contributed by atoms with E-state index in [0.717, 1.165) is 18.4 Å². The summed E-state index contributed by atoms with van der Waals surface area (Å²) in [6.07, 6.45) is 1.46. The summed E-state index contributed by atoms with van der Waals surface area (Å²) < 4.78 is 11.0. The number of piperidine rings is 1. The number of hydrogen-bond acceptors (Lipinski definition) is 3. The summed E-state index contributed by atoms with van der Waals surface area (Å²) in [7, 11) is 1.72. The average Bonchev–Trinajstić information content (AvgIpc) is 2.45. The number of ether oxygens (including phenoxy) is 2.